The number of hydrogen-bond donors (Lipinski definition) is 3. The standard InChI is InChI=1S/C13H20N2O3/c1-13(2,14)7-6-12(17)15-10-8-9(18-3)4-5-11(10)16/h4-5,8,16H,6-7,14H2,1-3H3,(H,15,17). The molecule has 1 aromatic rings. The van der Waals surface area contributed by atoms with Crippen LogP contribution in [-0.4, -0.2) is 23.7 Å². The smallest absolute Gasteiger partial charge is 0.224 e. The Bertz CT molecular complexity index is 425. The van der Waals surface area contributed by atoms with E-state index < -0.39 is 0 Å². The van der Waals surface area contributed by atoms with E-state index in [9.17, 15) is 9.90 Å². The van der Waals surface area contributed by atoms with E-state index in [1.54, 1.807) is 12.1 Å². The molecule has 4 N–H and O–H groups in total. The summed E-state index contributed by atoms with van der Waals surface area (Å²) < 4.78 is 5.02. The quantitative estimate of drug-likeness (QED) is 0.698. The normalized spacial score (nSPS) is 11.1. The molecular formula is C13H20N2O3. The minimum absolute atomic E-state index is 0.0103. The molecule has 1 aromatic carbocycles. The first-order valence-electron chi connectivity index (χ1n) is 5.77. The largest absolute Gasteiger partial charge is 0.506 e. The van der Waals surface area contributed by atoms with Gasteiger partial charge in [0.05, 0.1) is 12.8 Å². The molecule has 0 atom stereocenters. The molecule has 0 heterocycles. The maximum atomic E-state index is 11.7. The Hall–Kier alpha value is -1.75. The highest BCUT2D eigenvalue weighted by molar-refractivity contribution is 5.92. The molecule has 0 aliphatic heterocycles. The molecule has 0 radical (unpaired) electrons. The van der Waals surface area contributed by atoms with E-state index in [0.29, 0.717) is 24.3 Å². The zero-order chi connectivity index (χ0) is 13.8. The zero-order valence-electron chi connectivity index (χ0n) is 11.0. The fraction of sp³-hybridized carbons (Fsp3) is 0.462. The van der Waals surface area contributed by atoms with Gasteiger partial charge in [-0.05, 0) is 32.4 Å². The lowest BCUT2D eigenvalue weighted by atomic mass is 10.00. The van der Waals surface area contributed by atoms with Crippen molar-refractivity contribution in [2.24, 2.45) is 5.73 Å². The monoisotopic (exact) mass is 252 g/mol. The van der Waals surface area contributed by atoms with Crippen molar-refractivity contribution in [2.45, 2.75) is 32.2 Å². The summed E-state index contributed by atoms with van der Waals surface area (Å²) in [6.07, 6.45) is 0.879. The SMILES string of the molecule is COc1ccc(O)c(NC(=O)CCC(C)(C)N)c1. The molecule has 0 spiro atoms. The summed E-state index contributed by atoms with van der Waals surface area (Å²) in [4.78, 5) is 11.7. The highest BCUT2D eigenvalue weighted by Crippen LogP contribution is 2.28. The fourth-order valence-corrected chi connectivity index (χ4v) is 1.39. The van der Waals surface area contributed by atoms with Crippen molar-refractivity contribution in [3.63, 3.8) is 0 Å². The van der Waals surface area contributed by atoms with E-state index in [4.69, 9.17) is 10.5 Å². The molecule has 5 heteroatoms. The van der Waals surface area contributed by atoms with Crippen LogP contribution in [-0.2, 0) is 4.79 Å². The van der Waals surface area contributed by atoms with E-state index in [-0.39, 0.29) is 17.2 Å². The molecule has 5 nitrogen and oxygen atoms in total. The van der Waals surface area contributed by atoms with E-state index in [0.717, 1.165) is 0 Å². The lowest BCUT2D eigenvalue weighted by molar-refractivity contribution is -0.116. The van der Waals surface area contributed by atoms with Crippen molar-refractivity contribution >= 4 is 11.6 Å². The average molecular weight is 252 g/mol. The summed E-state index contributed by atoms with van der Waals surface area (Å²) in [6.45, 7) is 3.73. The van der Waals surface area contributed by atoms with E-state index in [1.165, 1.54) is 13.2 Å². The van der Waals surface area contributed by atoms with Crippen LogP contribution in [0.2, 0.25) is 0 Å². The number of nitrogens with two attached hydrogens (primary N) is 1. The van der Waals surface area contributed by atoms with Gasteiger partial charge in [0, 0.05) is 18.0 Å². The highest BCUT2D eigenvalue weighted by Gasteiger charge is 2.14. The summed E-state index contributed by atoms with van der Waals surface area (Å²) in [5.41, 5.74) is 5.76. The van der Waals surface area contributed by atoms with Gasteiger partial charge in [0.2, 0.25) is 5.91 Å². The number of phenols is 1. The van der Waals surface area contributed by atoms with Crippen molar-refractivity contribution < 1.29 is 14.6 Å². The number of rotatable bonds is 5. The maximum absolute atomic E-state index is 11.7. The maximum Gasteiger partial charge on any atom is 0.224 e. The molecule has 0 fully saturated rings. The predicted octanol–water partition coefficient (Wildman–Crippen LogP) is 1.86. The third-order valence-electron chi connectivity index (χ3n) is 2.47. The summed E-state index contributed by atoms with van der Waals surface area (Å²) in [5, 5.41) is 12.2. The van der Waals surface area contributed by atoms with Gasteiger partial charge in [-0.3, -0.25) is 4.79 Å². The van der Waals surface area contributed by atoms with Gasteiger partial charge in [0.1, 0.15) is 11.5 Å². The van der Waals surface area contributed by atoms with Crippen LogP contribution in [0.4, 0.5) is 5.69 Å². The van der Waals surface area contributed by atoms with Gasteiger partial charge in [-0.25, -0.2) is 0 Å². The second-order valence-corrected chi connectivity index (χ2v) is 4.92. The van der Waals surface area contributed by atoms with Crippen LogP contribution in [0, 0.1) is 0 Å². The Morgan fingerprint density at radius 3 is 2.72 bits per heavy atom. The topological polar surface area (TPSA) is 84.6 Å². The minimum atomic E-state index is -0.381. The number of amides is 1. The number of aromatic hydroxyl groups is 1. The molecule has 0 aliphatic rings. The fourth-order valence-electron chi connectivity index (χ4n) is 1.39. The van der Waals surface area contributed by atoms with Gasteiger partial charge in [-0.2, -0.15) is 0 Å². The van der Waals surface area contributed by atoms with Gasteiger partial charge in [0.25, 0.3) is 0 Å². The van der Waals surface area contributed by atoms with Crippen LogP contribution in [0.15, 0.2) is 18.2 Å². The number of phenolic OH excluding ortho intramolecular Hbond substituents is 1. The summed E-state index contributed by atoms with van der Waals surface area (Å²) in [7, 11) is 1.52. The molecule has 100 valence electrons. The first kappa shape index (κ1) is 14.3. The van der Waals surface area contributed by atoms with Crippen LogP contribution in [0.25, 0.3) is 0 Å². The van der Waals surface area contributed by atoms with Crippen molar-refractivity contribution in [3.05, 3.63) is 18.2 Å². The number of hydrogen-bond acceptors (Lipinski definition) is 4. The predicted molar refractivity (Wildman–Crippen MR) is 70.8 cm³/mol. The third kappa shape index (κ3) is 4.63. The van der Waals surface area contributed by atoms with Crippen LogP contribution in [0.1, 0.15) is 26.7 Å². The summed E-state index contributed by atoms with van der Waals surface area (Å²) in [5.74, 6) is 0.399. The lowest BCUT2D eigenvalue weighted by Crippen LogP contribution is -2.33. The van der Waals surface area contributed by atoms with Gasteiger partial charge in [0.15, 0.2) is 0 Å². The molecule has 1 rings (SSSR count). The Morgan fingerprint density at radius 1 is 1.50 bits per heavy atom. The second kappa shape index (κ2) is 5.73. The van der Waals surface area contributed by atoms with Gasteiger partial charge >= 0.3 is 0 Å². The highest BCUT2D eigenvalue weighted by atomic mass is 16.5. The minimum Gasteiger partial charge on any atom is -0.506 e. The first-order valence-corrected chi connectivity index (χ1v) is 5.77. The third-order valence-corrected chi connectivity index (χ3v) is 2.47. The number of methoxy groups -OCH3 is 1. The summed E-state index contributed by atoms with van der Waals surface area (Å²) >= 11 is 0. The molecule has 0 aliphatic carbocycles. The molecule has 0 aromatic heterocycles. The Balaban J connectivity index is 2.64. The first-order chi connectivity index (χ1) is 8.31. The van der Waals surface area contributed by atoms with Gasteiger partial charge in [-0.1, -0.05) is 0 Å². The van der Waals surface area contributed by atoms with E-state index in [2.05, 4.69) is 5.32 Å². The van der Waals surface area contributed by atoms with Crippen molar-refractivity contribution in [1.82, 2.24) is 0 Å². The molecule has 0 unspecified atom stereocenters. The van der Waals surface area contributed by atoms with Crippen molar-refractivity contribution in [3.8, 4) is 11.5 Å². The number of carbonyl (C=O) groups is 1. The molecule has 1 amide bonds. The van der Waals surface area contributed by atoms with Crippen LogP contribution in [0.3, 0.4) is 0 Å². The average Bonchev–Trinajstić information content (AvgIpc) is 2.28. The Kier molecular flexibility index (Phi) is 4.55. The number of carbonyl (C=O) groups excluding carboxylic acids is 1. The lowest BCUT2D eigenvalue weighted by Gasteiger charge is -2.17. The van der Waals surface area contributed by atoms with Crippen molar-refractivity contribution in [1.29, 1.82) is 0 Å². The van der Waals surface area contributed by atoms with E-state index in [1.807, 2.05) is 13.8 Å². The van der Waals surface area contributed by atoms with Crippen molar-refractivity contribution in [2.75, 3.05) is 12.4 Å². The Labute approximate surface area is 107 Å². The van der Waals surface area contributed by atoms with Gasteiger partial charge < -0.3 is 20.9 Å². The number of anilines is 1. The molecule has 18 heavy (non-hydrogen) atoms. The molecule has 0 saturated heterocycles. The van der Waals surface area contributed by atoms with E-state index >= 15 is 0 Å². The number of benzene rings is 1. The van der Waals surface area contributed by atoms with Crippen LogP contribution < -0.4 is 15.8 Å². The molecule has 0 saturated carbocycles. The molecule has 0 bridgehead atoms. The van der Waals surface area contributed by atoms with Gasteiger partial charge in [-0.15, -0.1) is 0 Å². The second-order valence-electron chi connectivity index (χ2n) is 4.92. The Morgan fingerprint density at radius 2 is 2.17 bits per heavy atom. The number of nitrogens with one attached hydrogen (secondary N) is 1. The molecular weight excluding hydrogens is 232 g/mol. The van der Waals surface area contributed by atoms with Crippen LogP contribution in [0.5, 0.6) is 11.5 Å². The van der Waals surface area contributed by atoms with Crippen LogP contribution >= 0.6 is 0 Å². The number of ether oxygens (including phenoxy) is 1. The zero-order valence-corrected chi connectivity index (χ0v) is 11.0. The summed E-state index contributed by atoms with van der Waals surface area (Å²) in [6, 6.07) is 4.66.